The second-order valence-corrected chi connectivity index (χ2v) is 7.27. The molecule has 2 aromatic rings. The van der Waals surface area contributed by atoms with E-state index in [1.54, 1.807) is 18.2 Å². The van der Waals surface area contributed by atoms with Crippen LogP contribution in [0.15, 0.2) is 48.2 Å². The first kappa shape index (κ1) is 16.9. The number of hydrogen-bond acceptors (Lipinski definition) is 4. The van der Waals surface area contributed by atoms with Crippen molar-refractivity contribution in [2.45, 2.75) is 26.3 Å². The Kier molecular flexibility index (Phi) is 4.51. The zero-order valence-electron chi connectivity index (χ0n) is 14.9. The summed E-state index contributed by atoms with van der Waals surface area (Å²) in [6, 6.07) is 12.9. The van der Waals surface area contributed by atoms with Gasteiger partial charge in [0.2, 0.25) is 5.78 Å². The quantitative estimate of drug-likeness (QED) is 0.842. The van der Waals surface area contributed by atoms with Gasteiger partial charge in [-0.25, -0.2) is 0 Å². The number of ether oxygens (including phenoxy) is 1. The van der Waals surface area contributed by atoms with E-state index in [0.29, 0.717) is 35.1 Å². The molecule has 0 amide bonds. The zero-order valence-corrected chi connectivity index (χ0v) is 14.9. The number of piperidine rings is 1. The van der Waals surface area contributed by atoms with E-state index in [2.05, 4.69) is 11.8 Å². The number of rotatable bonds is 3. The van der Waals surface area contributed by atoms with E-state index in [0.717, 1.165) is 25.1 Å². The Morgan fingerprint density at radius 1 is 1.23 bits per heavy atom. The molecule has 2 aromatic carbocycles. The molecule has 0 bridgehead atoms. The number of nitrogens with zero attached hydrogens (tertiary/aromatic N) is 1. The normalized spacial score (nSPS) is 21.7. The Hall–Kier alpha value is -2.59. The van der Waals surface area contributed by atoms with E-state index in [-0.39, 0.29) is 11.5 Å². The second-order valence-electron chi connectivity index (χ2n) is 7.27. The lowest BCUT2D eigenvalue weighted by molar-refractivity contribution is 0.101. The lowest BCUT2D eigenvalue weighted by Crippen LogP contribution is -2.33. The first-order valence-electron chi connectivity index (χ1n) is 9.18. The smallest absolute Gasteiger partial charge is 0.231 e. The van der Waals surface area contributed by atoms with Crippen molar-refractivity contribution in [3.63, 3.8) is 0 Å². The minimum atomic E-state index is -0.128. The first-order chi connectivity index (χ1) is 12.6. The maximum atomic E-state index is 12.7. The van der Waals surface area contributed by atoms with Gasteiger partial charge in [0.1, 0.15) is 11.5 Å². The molecule has 0 aromatic heterocycles. The van der Waals surface area contributed by atoms with Gasteiger partial charge in [-0.1, -0.05) is 37.3 Å². The monoisotopic (exact) mass is 349 g/mol. The highest BCUT2D eigenvalue weighted by atomic mass is 16.5. The summed E-state index contributed by atoms with van der Waals surface area (Å²) in [4.78, 5) is 15.0. The Balaban J connectivity index is 1.64. The summed E-state index contributed by atoms with van der Waals surface area (Å²) in [5, 5.41) is 10.4. The number of carbonyl (C=O) groups excluding carboxylic acids is 1. The molecular weight excluding hydrogens is 326 g/mol. The van der Waals surface area contributed by atoms with Crippen molar-refractivity contribution in [1.29, 1.82) is 0 Å². The number of ketones is 1. The highest BCUT2D eigenvalue weighted by Gasteiger charge is 2.32. The highest BCUT2D eigenvalue weighted by Crippen LogP contribution is 2.40. The van der Waals surface area contributed by atoms with Gasteiger partial charge in [-0.05, 0) is 49.1 Å². The van der Waals surface area contributed by atoms with Crippen molar-refractivity contribution >= 4 is 11.9 Å². The van der Waals surface area contributed by atoms with Crippen LogP contribution in [0.5, 0.6) is 11.5 Å². The fourth-order valence-corrected chi connectivity index (χ4v) is 3.80. The highest BCUT2D eigenvalue weighted by molar-refractivity contribution is 6.15. The van der Waals surface area contributed by atoms with Gasteiger partial charge < -0.3 is 9.84 Å². The zero-order chi connectivity index (χ0) is 18.1. The standard InChI is InChI=1S/C22H23NO3/c1-15-6-5-11-23(13-15)14-18-19(24)10-9-17-21(25)20(26-22(17)18)12-16-7-3-2-4-8-16/h2-4,7-10,12,15,24H,5-6,11,13-14H2,1H3/b20-12-. The van der Waals surface area contributed by atoms with Crippen LogP contribution in [0.1, 0.15) is 41.3 Å². The molecule has 0 spiro atoms. The van der Waals surface area contributed by atoms with Crippen molar-refractivity contribution < 1.29 is 14.6 Å². The van der Waals surface area contributed by atoms with Gasteiger partial charge in [0.15, 0.2) is 5.76 Å². The van der Waals surface area contributed by atoms with E-state index in [9.17, 15) is 9.90 Å². The number of phenols is 1. The minimum absolute atomic E-state index is 0.128. The van der Waals surface area contributed by atoms with Crippen LogP contribution in [0, 0.1) is 5.92 Å². The summed E-state index contributed by atoms with van der Waals surface area (Å²) in [6.45, 7) is 4.87. The Morgan fingerprint density at radius 3 is 2.81 bits per heavy atom. The first-order valence-corrected chi connectivity index (χ1v) is 9.18. The van der Waals surface area contributed by atoms with E-state index in [1.165, 1.54) is 6.42 Å². The van der Waals surface area contributed by atoms with Gasteiger partial charge in [0.25, 0.3) is 0 Å². The average Bonchev–Trinajstić information content (AvgIpc) is 2.95. The molecule has 26 heavy (non-hydrogen) atoms. The maximum Gasteiger partial charge on any atom is 0.231 e. The number of allylic oxidation sites excluding steroid dienone is 1. The van der Waals surface area contributed by atoms with Crippen LogP contribution in [-0.4, -0.2) is 28.9 Å². The number of Topliss-reactive ketones (excluding diaryl/α,β-unsaturated/α-hetero) is 1. The van der Waals surface area contributed by atoms with Crippen LogP contribution in [-0.2, 0) is 6.54 Å². The number of aromatic hydroxyl groups is 1. The number of likely N-dealkylation sites (tertiary alicyclic amines) is 1. The summed E-state index contributed by atoms with van der Waals surface area (Å²) in [5.41, 5.74) is 2.16. The summed E-state index contributed by atoms with van der Waals surface area (Å²) in [6.07, 6.45) is 4.16. The molecule has 4 heteroatoms. The molecule has 0 radical (unpaired) electrons. The topological polar surface area (TPSA) is 49.8 Å². The Morgan fingerprint density at radius 2 is 2.04 bits per heavy atom. The number of benzene rings is 2. The van der Waals surface area contributed by atoms with Crippen LogP contribution < -0.4 is 4.74 Å². The van der Waals surface area contributed by atoms with Gasteiger partial charge in [-0.2, -0.15) is 0 Å². The van der Waals surface area contributed by atoms with Crippen molar-refractivity contribution in [1.82, 2.24) is 4.90 Å². The van der Waals surface area contributed by atoms with Gasteiger partial charge in [-0.3, -0.25) is 9.69 Å². The second kappa shape index (κ2) is 6.96. The maximum absolute atomic E-state index is 12.7. The molecule has 1 N–H and O–H groups in total. The summed E-state index contributed by atoms with van der Waals surface area (Å²) in [7, 11) is 0. The third-order valence-electron chi connectivity index (χ3n) is 5.14. The van der Waals surface area contributed by atoms with Gasteiger partial charge in [0, 0.05) is 13.1 Å². The Bertz CT molecular complexity index is 857. The molecule has 1 atom stereocenters. The fourth-order valence-electron chi connectivity index (χ4n) is 3.80. The van der Waals surface area contributed by atoms with E-state index in [1.807, 2.05) is 30.3 Å². The average molecular weight is 349 g/mol. The van der Waals surface area contributed by atoms with Crippen molar-refractivity contribution in [3.05, 3.63) is 64.9 Å². The van der Waals surface area contributed by atoms with Gasteiger partial charge in [-0.15, -0.1) is 0 Å². The third-order valence-corrected chi connectivity index (χ3v) is 5.14. The lowest BCUT2D eigenvalue weighted by Gasteiger charge is -2.31. The Labute approximate surface area is 153 Å². The molecule has 0 aliphatic carbocycles. The van der Waals surface area contributed by atoms with Crippen LogP contribution in [0.25, 0.3) is 6.08 Å². The summed E-state index contributed by atoms with van der Waals surface area (Å²) >= 11 is 0. The van der Waals surface area contributed by atoms with E-state index in [4.69, 9.17) is 4.74 Å². The molecule has 1 saturated heterocycles. The predicted molar refractivity (Wildman–Crippen MR) is 101 cm³/mol. The van der Waals surface area contributed by atoms with Crippen LogP contribution in [0.4, 0.5) is 0 Å². The summed E-state index contributed by atoms with van der Waals surface area (Å²) in [5.74, 6) is 1.53. The predicted octanol–water partition coefficient (Wildman–Crippen LogP) is 4.24. The van der Waals surface area contributed by atoms with E-state index < -0.39 is 0 Å². The number of hydrogen-bond donors (Lipinski definition) is 1. The molecule has 1 fully saturated rings. The molecule has 4 rings (SSSR count). The molecule has 4 nitrogen and oxygen atoms in total. The van der Waals surface area contributed by atoms with Gasteiger partial charge >= 0.3 is 0 Å². The molecule has 2 heterocycles. The lowest BCUT2D eigenvalue weighted by atomic mass is 9.99. The molecular formula is C22H23NO3. The van der Waals surface area contributed by atoms with Crippen molar-refractivity contribution in [2.75, 3.05) is 13.1 Å². The minimum Gasteiger partial charge on any atom is -0.507 e. The van der Waals surface area contributed by atoms with Crippen LogP contribution in [0.3, 0.4) is 0 Å². The SMILES string of the molecule is CC1CCCN(Cc2c(O)ccc3c2O/C(=C\c2ccccc2)C3=O)C1. The molecule has 2 aliphatic heterocycles. The summed E-state index contributed by atoms with van der Waals surface area (Å²) < 4.78 is 5.93. The number of phenolic OH excluding ortho intramolecular Hbond substituents is 1. The van der Waals surface area contributed by atoms with Gasteiger partial charge in [0.05, 0.1) is 11.1 Å². The third kappa shape index (κ3) is 3.25. The molecule has 134 valence electrons. The number of carbonyl (C=O) groups is 1. The van der Waals surface area contributed by atoms with E-state index >= 15 is 0 Å². The van der Waals surface area contributed by atoms with Crippen LogP contribution >= 0.6 is 0 Å². The van der Waals surface area contributed by atoms with Crippen molar-refractivity contribution in [2.24, 2.45) is 5.92 Å². The largest absolute Gasteiger partial charge is 0.507 e. The van der Waals surface area contributed by atoms with Crippen LogP contribution in [0.2, 0.25) is 0 Å². The molecule has 1 unspecified atom stereocenters. The number of fused-ring (bicyclic) bond motifs is 1. The van der Waals surface area contributed by atoms with Crippen molar-refractivity contribution in [3.8, 4) is 11.5 Å². The molecule has 2 aliphatic rings. The molecule has 0 saturated carbocycles. The fraction of sp³-hybridized carbons (Fsp3) is 0.318.